The summed E-state index contributed by atoms with van der Waals surface area (Å²) in [5.74, 6) is -0.287. The molecule has 0 aliphatic heterocycles. The Morgan fingerprint density at radius 3 is 2.56 bits per heavy atom. The van der Waals surface area contributed by atoms with E-state index in [1.54, 1.807) is 0 Å². The Morgan fingerprint density at radius 1 is 1.33 bits per heavy atom. The zero-order valence-electron chi connectivity index (χ0n) is 11.2. The molecular weight excluding hydrogens is 230 g/mol. The predicted molar refractivity (Wildman–Crippen MR) is 70.3 cm³/mol. The number of hydrogen-bond acceptors (Lipinski definition) is 4. The molecule has 0 fully saturated rings. The van der Waals surface area contributed by atoms with Gasteiger partial charge in [-0.2, -0.15) is 0 Å². The van der Waals surface area contributed by atoms with Gasteiger partial charge in [0.05, 0.1) is 13.7 Å². The average Bonchev–Trinajstić information content (AvgIpc) is 2.42. The third-order valence-electron chi connectivity index (χ3n) is 2.59. The van der Waals surface area contributed by atoms with Crippen LogP contribution < -0.4 is 5.32 Å². The topological polar surface area (TPSA) is 47.6 Å². The van der Waals surface area contributed by atoms with Crippen LogP contribution in [0.2, 0.25) is 0 Å². The quantitative estimate of drug-likeness (QED) is 0.752. The van der Waals surface area contributed by atoms with E-state index in [1.165, 1.54) is 7.11 Å². The van der Waals surface area contributed by atoms with Gasteiger partial charge in [0.1, 0.15) is 6.04 Å². The first-order valence-electron chi connectivity index (χ1n) is 6.15. The van der Waals surface area contributed by atoms with Crippen molar-refractivity contribution in [3.63, 3.8) is 0 Å². The molecule has 0 amide bonds. The van der Waals surface area contributed by atoms with E-state index in [9.17, 15) is 4.79 Å². The Balaban J connectivity index is 2.71. The fourth-order valence-corrected chi connectivity index (χ4v) is 1.69. The highest BCUT2D eigenvalue weighted by atomic mass is 16.5. The van der Waals surface area contributed by atoms with Crippen molar-refractivity contribution in [1.29, 1.82) is 0 Å². The molecule has 1 N–H and O–H groups in total. The number of esters is 1. The van der Waals surface area contributed by atoms with Gasteiger partial charge in [-0.3, -0.25) is 5.32 Å². The molecule has 4 nitrogen and oxygen atoms in total. The van der Waals surface area contributed by atoms with Crippen molar-refractivity contribution in [1.82, 2.24) is 5.32 Å². The van der Waals surface area contributed by atoms with Gasteiger partial charge in [-0.1, -0.05) is 30.3 Å². The molecule has 0 bridgehead atoms. The van der Waals surface area contributed by atoms with Crippen LogP contribution in [0, 0.1) is 0 Å². The lowest BCUT2D eigenvalue weighted by Gasteiger charge is -2.21. The minimum atomic E-state index is -0.452. The Hall–Kier alpha value is -1.39. The van der Waals surface area contributed by atoms with Gasteiger partial charge in [0.25, 0.3) is 0 Å². The first kappa shape index (κ1) is 14.7. The standard InChI is InChI=1S/C14H21NO3/c1-4-18-10-11(2)15-13(14(16)17-3)12-8-6-5-7-9-12/h5-9,11,13,15H,4,10H2,1-3H3. The second-order valence-electron chi connectivity index (χ2n) is 4.09. The van der Waals surface area contributed by atoms with Gasteiger partial charge in [0, 0.05) is 12.6 Å². The maximum absolute atomic E-state index is 11.8. The molecule has 4 heteroatoms. The Morgan fingerprint density at radius 2 is 2.00 bits per heavy atom. The first-order valence-corrected chi connectivity index (χ1v) is 6.15. The van der Waals surface area contributed by atoms with Crippen LogP contribution in [0.5, 0.6) is 0 Å². The molecule has 0 saturated carbocycles. The molecule has 0 aliphatic carbocycles. The van der Waals surface area contributed by atoms with Gasteiger partial charge >= 0.3 is 5.97 Å². The molecule has 0 aromatic heterocycles. The summed E-state index contributed by atoms with van der Waals surface area (Å²) in [5, 5.41) is 3.22. The monoisotopic (exact) mass is 251 g/mol. The summed E-state index contributed by atoms with van der Waals surface area (Å²) in [4.78, 5) is 11.8. The van der Waals surface area contributed by atoms with Gasteiger partial charge in [0.15, 0.2) is 0 Å². The molecular formula is C14H21NO3. The van der Waals surface area contributed by atoms with Crippen LogP contribution >= 0.6 is 0 Å². The van der Waals surface area contributed by atoms with Crippen LogP contribution in [-0.2, 0) is 14.3 Å². The van der Waals surface area contributed by atoms with E-state index in [0.29, 0.717) is 13.2 Å². The second-order valence-corrected chi connectivity index (χ2v) is 4.09. The van der Waals surface area contributed by atoms with Crippen molar-refractivity contribution in [2.45, 2.75) is 25.9 Å². The van der Waals surface area contributed by atoms with Gasteiger partial charge in [-0.05, 0) is 19.4 Å². The highest BCUT2D eigenvalue weighted by molar-refractivity contribution is 5.77. The van der Waals surface area contributed by atoms with Crippen molar-refractivity contribution >= 4 is 5.97 Å². The molecule has 0 heterocycles. The zero-order valence-corrected chi connectivity index (χ0v) is 11.2. The van der Waals surface area contributed by atoms with E-state index in [2.05, 4.69) is 5.32 Å². The zero-order chi connectivity index (χ0) is 13.4. The number of nitrogens with one attached hydrogen (secondary N) is 1. The van der Waals surface area contributed by atoms with Gasteiger partial charge in [0.2, 0.25) is 0 Å². The molecule has 18 heavy (non-hydrogen) atoms. The number of hydrogen-bond donors (Lipinski definition) is 1. The number of carbonyl (C=O) groups is 1. The highest BCUT2D eigenvalue weighted by Crippen LogP contribution is 2.14. The molecule has 1 aromatic rings. The van der Waals surface area contributed by atoms with E-state index in [-0.39, 0.29) is 12.0 Å². The molecule has 2 unspecified atom stereocenters. The largest absolute Gasteiger partial charge is 0.468 e. The summed E-state index contributed by atoms with van der Waals surface area (Å²) in [6.07, 6.45) is 0. The maximum Gasteiger partial charge on any atom is 0.327 e. The summed E-state index contributed by atoms with van der Waals surface area (Å²) >= 11 is 0. The van der Waals surface area contributed by atoms with E-state index >= 15 is 0 Å². The normalized spacial score (nSPS) is 13.9. The minimum Gasteiger partial charge on any atom is -0.468 e. The second kappa shape index (κ2) is 7.84. The summed E-state index contributed by atoms with van der Waals surface area (Å²) in [6, 6.07) is 9.16. The summed E-state index contributed by atoms with van der Waals surface area (Å²) in [6.45, 7) is 5.16. The molecule has 0 aliphatic rings. The van der Waals surface area contributed by atoms with Crippen molar-refractivity contribution < 1.29 is 14.3 Å². The Kier molecular flexibility index (Phi) is 6.39. The summed E-state index contributed by atoms with van der Waals surface area (Å²) < 4.78 is 10.2. The van der Waals surface area contributed by atoms with Gasteiger partial charge in [-0.25, -0.2) is 4.79 Å². The lowest BCUT2D eigenvalue weighted by atomic mass is 10.1. The number of benzene rings is 1. The SMILES string of the molecule is CCOCC(C)NC(C(=O)OC)c1ccccc1. The molecule has 100 valence electrons. The van der Waals surface area contributed by atoms with Crippen molar-refractivity contribution in [2.75, 3.05) is 20.3 Å². The number of rotatable bonds is 7. The van der Waals surface area contributed by atoms with Crippen LogP contribution in [0.25, 0.3) is 0 Å². The van der Waals surface area contributed by atoms with E-state index < -0.39 is 6.04 Å². The minimum absolute atomic E-state index is 0.0780. The molecule has 2 atom stereocenters. The molecule has 0 radical (unpaired) electrons. The van der Waals surface area contributed by atoms with Crippen LogP contribution in [0.1, 0.15) is 25.5 Å². The van der Waals surface area contributed by atoms with E-state index in [4.69, 9.17) is 9.47 Å². The Labute approximate surface area is 108 Å². The van der Waals surface area contributed by atoms with Crippen molar-refractivity contribution in [2.24, 2.45) is 0 Å². The van der Waals surface area contributed by atoms with Crippen LogP contribution in [0.3, 0.4) is 0 Å². The summed E-state index contributed by atoms with van der Waals surface area (Å²) in [7, 11) is 1.40. The fourth-order valence-electron chi connectivity index (χ4n) is 1.69. The number of carbonyl (C=O) groups excluding carboxylic acids is 1. The van der Waals surface area contributed by atoms with Crippen LogP contribution in [0.15, 0.2) is 30.3 Å². The fraction of sp³-hybridized carbons (Fsp3) is 0.500. The van der Waals surface area contributed by atoms with Crippen molar-refractivity contribution in [3.05, 3.63) is 35.9 Å². The van der Waals surface area contributed by atoms with Crippen LogP contribution in [-0.4, -0.2) is 32.3 Å². The third-order valence-corrected chi connectivity index (χ3v) is 2.59. The lowest BCUT2D eigenvalue weighted by molar-refractivity contribution is -0.143. The lowest BCUT2D eigenvalue weighted by Crippen LogP contribution is -2.38. The average molecular weight is 251 g/mol. The maximum atomic E-state index is 11.8. The predicted octanol–water partition coefficient (Wildman–Crippen LogP) is 1.92. The van der Waals surface area contributed by atoms with E-state index in [1.807, 2.05) is 44.2 Å². The molecule has 1 rings (SSSR count). The van der Waals surface area contributed by atoms with Crippen LogP contribution in [0.4, 0.5) is 0 Å². The van der Waals surface area contributed by atoms with Gasteiger partial charge < -0.3 is 9.47 Å². The Bertz CT molecular complexity index is 353. The molecule has 0 saturated heterocycles. The third kappa shape index (κ3) is 4.47. The molecule has 0 spiro atoms. The number of methoxy groups -OCH3 is 1. The number of ether oxygens (including phenoxy) is 2. The summed E-state index contributed by atoms with van der Waals surface area (Å²) in [5.41, 5.74) is 0.896. The first-order chi connectivity index (χ1) is 8.69. The smallest absolute Gasteiger partial charge is 0.327 e. The van der Waals surface area contributed by atoms with Crippen molar-refractivity contribution in [3.8, 4) is 0 Å². The molecule has 1 aromatic carbocycles. The van der Waals surface area contributed by atoms with E-state index in [0.717, 1.165) is 5.56 Å². The highest BCUT2D eigenvalue weighted by Gasteiger charge is 2.22. The van der Waals surface area contributed by atoms with Gasteiger partial charge in [-0.15, -0.1) is 0 Å².